The highest BCUT2D eigenvalue weighted by atomic mass is 35.5. The summed E-state index contributed by atoms with van der Waals surface area (Å²) in [4.78, 5) is 11.7. The second kappa shape index (κ2) is 6.73. The lowest BCUT2D eigenvalue weighted by Crippen LogP contribution is -2.41. The Balaban J connectivity index is 1.74. The number of hydrogen-bond acceptors (Lipinski definition) is 3. The van der Waals surface area contributed by atoms with Gasteiger partial charge in [-0.2, -0.15) is 0 Å². The van der Waals surface area contributed by atoms with Crippen LogP contribution in [-0.2, 0) is 16.1 Å². The molecular weight excluding hydrogens is 252 g/mol. The molecule has 0 aliphatic carbocycles. The van der Waals surface area contributed by atoms with Gasteiger partial charge in [-0.3, -0.25) is 4.79 Å². The molecule has 0 radical (unpaired) electrons. The molecule has 1 aromatic rings. The Morgan fingerprint density at radius 3 is 3.17 bits per heavy atom. The molecule has 0 bridgehead atoms. The van der Waals surface area contributed by atoms with Crippen molar-refractivity contribution in [2.75, 3.05) is 19.7 Å². The number of rotatable bonds is 4. The highest BCUT2D eigenvalue weighted by molar-refractivity contribution is 6.30. The van der Waals surface area contributed by atoms with Crippen molar-refractivity contribution in [2.45, 2.75) is 19.1 Å². The van der Waals surface area contributed by atoms with E-state index in [1.54, 1.807) is 0 Å². The van der Waals surface area contributed by atoms with E-state index in [4.69, 9.17) is 16.3 Å². The van der Waals surface area contributed by atoms with Crippen LogP contribution in [0, 0.1) is 0 Å². The normalized spacial score (nSPS) is 19.5. The number of ether oxygens (including phenoxy) is 1. The van der Waals surface area contributed by atoms with Crippen molar-refractivity contribution in [2.24, 2.45) is 0 Å². The molecule has 1 saturated heterocycles. The van der Waals surface area contributed by atoms with Crippen LogP contribution in [0.25, 0.3) is 0 Å². The molecule has 1 aliphatic rings. The van der Waals surface area contributed by atoms with Crippen molar-refractivity contribution in [3.63, 3.8) is 0 Å². The third-order valence-electron chi connectivity index (χ3n) is 2.80. The van der Waals surface area contributed by atoms with Gasteiger partial charge in [0, 0.05) is 24.7 Å². The fraction of sp³-hybridized carbons (Fsp3) is 0.462. The van der Waals surface area contributed by atoms with Gasteiger partial charge in [-0.15, -0.1) is 0 Å². The molecule has 1 atom stereocenters. The summed E-state index contributed by atoms with van der Waals surface area (Å²) in [6.07, 6.45) is 0.381. The topological polar surface area (TPSA) is 50.4 Å². The molecule has 1 fully saturated rings. The first-order chi connectivity index (χ1) is 8.74. The zero-order valence-electron chi connectivity index (χ0n) is 10.1. The molecule has 0 saturated carbocycles. The van der Waals surface area contributed by atoms with Crippen molar-refractivity contribution >= 4 is 17.5 Å². The minimum absolute atomic E-state index is 0.00340. The zero-order valence-corrected chi connectivity index (χ0v) is 10.9. The molecule has 1 amide bonds. The van der Waals surface area contributed by atoms with Gasteiger partial charge in [-0.05, 0) is 17.7 Å². The lowest BCUT2D eigenvalue weighted by molar-refractivity contribution is -0.124. The average Bonchev–Trinajstić information content (AvgIpc) is 2.38. The molecule has 98 valence electrons. The summed E-state index contributed by atoms with van der Waals surface area (Å²) < 4.78 is 5.48. The third kappa shape index (κ3) is 4.29. The van der Waals surface area contributed by atoms with E-state index >= 15 is 0 Å². The first-order valence-corrected chi connectivity index (χ1v) is 6.45. The van der Waals surface area contributed by atoms with E-state index in [1.165, 1.54) is 0 Å². The number of benzene rings is 1. The van der Waals surface area contributed by atoms with Crippen LogP contribution in [0.1, 0.15) is 12.0 Å². The first kappa shape index (κ1) is 13.3. The SMILES string of the molecule is O=C(CC1CNCCO1)NCc1cccc(Cl)c1. The summed E-state index contributed by atoms with van der Waals surface area (Å²) in [6.45, 7) is 2.77. The number of carbonyl (C=O) groups is 1. The van der Waals surface area contributed by atoms with Gasteiger partial charge < -0.3 is 15.4 Å². The maximum atomic E-state index is 11.7. The Kier molecular flexibility index (Phi) is 4.99. The van der Waals surface area contributed by atoms with Gasteiger partial charge in [0.05, 0.1) is 19.1 Å². The summed E-state index contributed by atoms with van der Waals surface area (Å²) in [5, 5.41) is 6.75. The quantitative estimate of drug-likeness (QED) is 0.866. The molecule has 1 unspecified atom stereocenters. The van der Waals surface area contributed by atoms with Crippen LogP contribution in [-0.4, -0.2) is 31.7 Å². The van der Waals surface area contributed by atoms with Gasteiger partial charge in [-0.25, -0.2) is 0 Å². The molecule has 5 heteroatoms. The average molecular weight is 269 g/mol. The minimum atomic E-state index is -0.0156. The fourth-order valence-electron chi connectivity index (χ4n) is 1.88. The number of morpholine rings is 1. The van der Waals surface area contributed by atoms with Crippen LogP contribution in [0.5, 0.6) is 0 Å². The molecule has 2 rings (SSSR count). The van der Waals surface area contributed by atoms with Crippen LogP contribution < -0.4 is 10.6 Å². The Morgan fingerprint density at radius 2 is 2.44 bits per heavy atom. The van der Waals surface area contributed by atoms with Crippen LogP contribution in [0.2, 0.25) is 5.02 Å². The minimum Gasteiger partial charge on any atom is -0.375 e. The molecule has 0 aromatic heterocycles. The van der Waals surface area contributed by atoms with Gasteiger partial charge >= 0.3 is 0 Å². The highest BCUT2D eigenvalue weighted by Crippen LogP contribution is 2.10. The number of halogens is 1. The summed E-state index contributed by atoms with van der Waals surface area (Å²) in [6, 6.07) is 7.47. The van der Waals surface area contributed by atoms with Gasteiger partial charge in [0.1, 0.15) is 0 Å². The van der Waals surface area contributed by atoms with Gasteiger partial charge in [-0.1, -0.05) is 23.7 Å². The van der Waals surface area contributed by atoms with Crippen LogP contribution in [0.3, 0.4) is 0 Å². The number of nitrogens with one attached hydrogen (secondary N) is 2. The lowest BCUT2D eigenvalue weighted by Gasteiger charge is -2.23. The van der Waals surface area contributed by atoms with Gasteiger partial charge in [0.2, 0.25) is 5.91 Å². The molecule has 2 N–H and O–H groups in total. The summed E-state index contributed by atoms with van der Waals surface area (Å²) >= 11 is 5.87. The summed E-state index contributed by atoms with van der Waals surface area (Å²) in [5.74, 6) is 0.00340. The zero-order chi connectivity index (χ0) is 12.8. The van der Waals surface area contributed by atoms with Crippen molar-refractivity contribution < 1.29 is 9.53 Å². The summed E-state index contributed by atoms with van der Waals surface area (Å²) in [7, 11) is 0. The van der Waals surface area contributed by atoms with Crippen LogP contribution in [0.15, 0.2) is 24.3 Å². The molecular formula is C13H17ClN2O2. The number of amides is 1. The predicted molar refractivity (Wildman–Crippen MR) is 70.5 cm³/mol. The molecule has 0 spiro atoms. The van der Waals surface area contributed by atoms with Gasteiger partial charge in [0.15, 0.2) is 0 Å². The van der Waals surface area contributed by atoms with Crippen LogP contribution >= 0.6 is 11.6 Å². The monoisotopic (exact) mass is 268 g/mol. The fourth-order valence-corrected chi connectivity index (χ4v) is 2.09. The first-order valence-electron chi connectivity index (χ1n) is 6.07. The third-order valence-corrected chi connectivity index (χ3v) is 3.03. The second-order valence-corrected chi connectivity index (χ2v) is 4.74. The number of carbonyl (C=O) groups excluding carboxylic acids is 1. The van der Waals surface area contributed by atoms with E-state index in [9.17, 15) is 4.79 Å². The maximum Gasteiger partial charge on any atom is 0.222 e. The smallest absolute Gasteiger partial charge is 0.222 e. The van der Waals surface area contributed by atoms with Crippen molar-refractivity contribution in [3.05, 3.63) is 34.9 Å². The van der Waals surface area contributed by atoms with Crippen molar-refractivity contribution in [3.8, 4) is 0 Å². The maximum absolute atomic E-state index is 11.7. The molecule has 1 aliphatic heterocycles. The Morgan fingerprint density at radius 1 is 1.56 bits per heavy atom. The highest BCUT2D eigenvalue weighted by Gasteiger charge is 2.16. The molecule has 1 aromatic carbocycles. The van der Waals surface area contributed by atoms with E-state index in [-0.39, 0.29) is 12.0 Å². The van der Waals surface area contributed by atoms with Crippen LogP contribution in [0.4, 0.5) is 0 Å². The largest absolute Gasteiger partial charge is 0.375 e. The second-order valence-electron chi connectivity index (χ2n) is 4.31. The van der Waals surface area contributed by atoms with E-state index in [0.29, 0.717) is 24.6 Å². The number of hydrogen-bond donors (Lipinski definition) is 2. The Hall–Kier alpha value is -1.10. The van der Waals surface area contributed by atoms with E-state index in [2.05, 4.69) is 10.6 Å². The molecule has 18 heavy (non-hydrogen) atoms. The van der Waals surface area contributed by atoms with Crippen molar-refractivity contribution in [1.82, 2.24) is 10.6 Å². The van der Waals surface area contributed by atoms with E-state index in [1.807, 2.05) is 24.3 Å². The summed E-state index contributed by atoms with van der Waals surface area (Å²) in [5.41, 5.74) is 0.999. The standard InChI is InChI=1S/C13H17ClN2O2/c14-11-3-1-2-10(6-11)8-16-13(17)7-12-9-15-4-5-18-12/h1-3,6,12,15H,4-5,7-9H2,(H,16,17). The molecule has 4 nitrogen and oxygen atoms in total. The van der Waals surface area contributed by atoms with E-state index < -0.39 is 0 Å². The van der Waals surface area contributed by atoms with E-state index in [0.717, 1.165) is 18.7 Å². The van der Waals surface area contributed by atoms with Gasteiger partial charge in [0.25, 0.3) is 0 Å². The Bertz CT molecular complexity index is 406. The molecule has 1 heterocycles. The van der Waals surface area contributed by atoms with Crippen molar-refractivity contribution in [1.29, 1.82) is 0 Å². The lowest BCUT2D eigenvalue weighted by atomic mass is 10.2. The Labute approximate surface area is 112 Å². The predicted octanol–water partition coefficient (Wildman–Crippen LogP) is 1.33.